The Balaban J connectivity index is 1.70. The third-order valence-corrected chi connectivity index (χ3v) is 4.55. The fourth-order valence-corrected chi connectivity index (χ4v) is 3.06. The Hall–Kier alpha value is -3.36. The van der Waals surface area contributed by atoms with E-state index in [1.54, 1.807) is 11.0 Å². The molecule has 2 aromatic carbocycles. The Bertz CT molecular complexity index is 966. The molecule has 6 nitrogen and oxygen atoms in total. The molecule has 3 rings (SSSR count). The number of rotatable bonds is 8. The average Bonchev–Trinajstić information content (AvgIpc) is 3.25. The highest BCUT2D eigenvalue weighted by Crippen LogP contribution is 2.25. The molecule has 164 valence electrons. The SMILES string of the molecule is CCNC(=NCc1ccccc1-c1ccc(Cn2cncn2)cc1)NCCC(F)(F)F. The Morgan fingerprint density at radius 3 is 2.52 bits per heavy atom. The monoisotopic (exact) mass is 430 g/mol. The second kappa shape index (κ2) is 10.6. The molecule has 0 fully saturated rings. The number of guanidine groups is 1. The van der Waals surface area contributed by atoms with Gasteiger partial charge in [0.05, 0.1) is 19.5 Å². The summed E-state index contributed by atoms with van der Waals surface area (Å²) in [6.45, 7) is 3.20. The molecule has 0 radical (unpaired) electrons. The maximum Gasteiger partial charge on any atom is 0.390 e. The highest BCUT2D eigenvalue weighted by molar-refractivity contribution is 5.80. The number of nitrogens with zero attached hydrogens (tertiary/aromatic N) is 4. The fraction of sp³-hybridized carbons (Fsp3) is 0.318. The smallest absolute Gasteiger partial charge is 0.357 e. The molecule has 3 aromatic rings. The van der Waals surface area contributed by atoms with Crippen LogP contribution in [0.3, 0.4) is 0 Å². The van der Waals surface area contributed by atoms with E-state index in [4.69, 9.17) is 0 Å². The minimum absolute atomic E-state index is 0.218. The van der Waals surface area contributed by atoms with Crippen molar-refractivity contribution in [2.75, 3.05) is 13.1 Å². The summed E-state index contributed by atoms with van der Waals surface area (Å²) in [7, 11) is 0. The number of hydrogen-bond acceptors (Lipinski definition) is 3. The van der Waals surface area contributed by atoms with Crippen LogP contribution < -0.4 is 10.6 Å². The highest BCUT2D eigenvalue weighted by Gasteiger charge is 2.26. The molecule has 1 heterocycles. The van der Waals surface area contributed by atoms with Gasteiger partial charge in [-0.25, -0.2) is 14.7 Å². The molecule has 0 spiro atoms. The quantitative estimate of drug-likeness (QED) is 0.419. The van der Waals surface area contributed by atoms with Crippen molar-refractivity contribution in [3.8, 4) is 11.1 Å². The predicted octanol–water partition coefficient (Wildman–Crippen LogP) is 4.00. The van der Waals surface area contributed by atoms with Crippen LogP contribution in [0.2, 0.25) is 0 Å². The minimum atomic E-state index is -4.20. The topological polar surface area (TPSA) is 67.1 Å². The number of aliphatic imine (C=N–C) groups is 1. The molecule has 0 amide bonds. The first-order chi connectivity index (χ1) is 14.9. The lowest BCUT2D eigenvalue weighted by Crippen LogP contribution is -2.38. The van der Waals surface area contributed by atoms with Crippen molar-refractivity contribution in [1.29, 1.82) is 0 Å². The molecule has 2 N–H and O–H groups in total. The Morgan fingerprint density at radius 2 is 1.84 bits per heavy atom. The van der Waals surface area contributed by atoms with Gasteiger partial charge in [0.25, 0.3) is 0 Å². The van der Waals surface area contributed by atoms with Crippen molar-refractivity contribution in [2.24, 2.45) is 4.99 Å². The van der Waals surface area contributed by atoms with E-state index in [2.05, 4.69) is 25.7 Å². The van der Waals surface area contributed by atoms with Gasteiger partial charge in [0.2, 0.25) is 0 Å². The van der Waals surface area contributed by atoms with Crippen LogP contribution in [0, 0.1) is 0 Å². The Morgan fingerprint density at radius 1 is 1.06 bits per heavy atom. The predicted molar refractivity (Wildman–Crippen MR) is 114 cm³/mol. The van der Waals surface area contributed by atoms with Crippen LogP contribution >= 0.6 is 0 Å². The summed E-state index contributed by atoms with van der Waals surface area (Å²) in [6, 6.07) is 16.0. The molecule has 0 aliphatic heterocycles. The molecule has 0 aliphatic carbocycles. The molecule has 1 aromatic heterocycles. The number of nitrogens with one attached hydrogen (secondary N) is 2. The van der Waals surface area contributed by atoms with Gasteiger partial charge in [0.15, 0.2) is 5.96 Å². The number of alkyl halides is 3. The summed E-state index contributed by atoms with van der Waals surface area (Å²) in [5, 5.41) is 9.84. The molecule has 9 heteroatoms. The van der Waals surface area contributed by atoms with E-state index in [1.807, 2.05) is 55.5 Å². The van der Waals surface area contributed by atoms with Crippen LogP contribution in [-0.2, 0) is 13.1 Å². The van der Waals surface area contributed by atoms with Crippen LogP contribution in [0.1, 0.15) is 24.5 Å². The van der Waals surface area contributed by atoms with Gasteiger partial charge in [-0.15, -0.1) is 0 Å². The van der Waals surface area contributed by atoms with E-state index in [9.17, 15) is 13.2 Å². The summed E-state index contributed by atoms with van der Waals surface area (Å²) in [5.74, 6) is 0.365. The fourth-order valence-electron chi connectivity index (χ4n) is 3.06. The van der Waals surface area contributed by atoms with E-state index >= 15 is 0 Å². The van der Waals surface area contributed by atoms with Crippen LogP contribution in [-0.4, -0.2) is 40.0 Å². The first kappa shape index (κ1) is 22.3. The summed E-state index contributed by atoms with van der Waals surface area (Å²) in [6.07, 6.45) is -1.93. The average molecular weight is 430 g/mol. The third-order valence-electron chi connectivity index (χ3n) is 4.55. The molecule has 0 saturated carbocycles. The largest absolute Gasteiger partial charge is 0.390 e. The van der Waals surface area contributed by atoms with Crippen molar-refractivity contribution in [1.82, 2.24) is 25.4 Å². The lowest BCUT2D eigenvalue weighted by molar-refractivity contribution is -0.132. The number of aromatic nitrogens is 3. The normalized spacial score (nSPS) is 12.1. The Kier molecular flexibility index (Phi) is 7.64. The van der Waals surface area contributed by atoms with E-state index < -0.39 is 12.6 Å². The maximum atomic E-state index is 12.4. The second-order valence-corrected chi connectivity index (χ2v) is 6.93. The van der Waals surface area contributed by atoms with E-state index in [-0.39, 0.29) is 6.54 Å². The molecule has 0 saturated heterocycles. The lowest BCUT2D eigenvalue weighted by Gasteiger charge is -2.13. The van der Waals surface area contributed by atoms with E-state index in [0.717, 1.165) is 22.3 Å². The molecule has 0 aliphatic rings. The summed E-state index contributed by atoms with van der Waals surface area (Å²) >= 11 is 0. The third kappa shape index (κ3) is 7.13. The molecule has 31 heavy (non-hydrogen) atoms. The molecule has 0 atom stereocenters. The zero-order chi connectivity index (χ0) is 22.1. The first-order valence-electron chi connectivity index (χ1n) is 10.0. The van der Waals surface area contributed by atoms with Crippen molar-refractivity contribution in [3.63, 3.8) is 0 Å². The van der Waals surface area contributed by atoms with Gasteiger partial charge >= 0.3 is 6.18 Å². The van der Waals surface area contributed by atoms with Gasteiger partial charge in [-0.3, -0.25) is 0 Å². The zero-order valence-corrected chi connectivity index (χ0v) is 17.2. The molecular weight excluding hydrogens is 405 g/mol. The number of halogens is 3. The van der Waals surface area contributed by atoms with Crippen molar-refractivity contribution in [2.45, 2.75) is 32.6 Å². The summed E-state index contributed by atoms with van der Waals surface area (Å²) in [4.78, 5) is 8.41. The molecule has 0 unspecified atom stereocenters. The highest BCUT2D eigenvalue weighted by atomic mass is 19.4. The van der Waals surface area contributed by atoms with Crippen molar-refractivity contribution in [3.05, 3.63) is 72.3 Å². The van der Waals surface area contributed by atoms with Gasteiger partial charge in [0.1, 0.15) is 12.7 Å². The number of benzene rings is 2. The van der Waals surface area contributed by atoms with Gasteiger partial charge in [0, 0.05) is 13.1 Å². The lowest BCUT2D eigenvalue weighted by atomic mass is 9.98. The zero-order valence-electron chi connectivity index (χ0n) is 17.2. The van der Waals surface area contributed by atoms with E-state index in [0.29, 0.717) is 25.6 Å². The van der Waals surface area contributed by atoms with Gasteiger partial charge in [-0.2, -0.15) is 18.3 Å². The van der Waals surface area contributed by atoms with Crippen molar-refractivity contribution < 1.29 is 13.2 Å². The molecular formula is C22H25F3N6. The molecule has 0 bridgehead atoms. The van der Waals surface area contributed by atoms with Gasteiger partial charge in [-0.05, 0) is 29.2 Å². The van der Waals surface area contributed by atoms with Crippen LogP contribution in [0.5, 0.6) is 0 Å². The number of hydrogen-bond donors (Lipinski definition) is 2. The van der Waals surface area contributed by atoms with Crippen LogP contribution in [0.4, 0.5) is 13.2 Å². The minimum Gasteiger partial charge on any atom is -0.357 e. The van der Waals surface area contributed by atoms with Crippen molar-refractivity contribution >= 4 is 5.96 Å². The second-order valence-electron chi connectivity index (χ2n) is 6.93. The van der Waals surface area contributed by atoms with E-state index in [1.165, 1.54) is 6.33 Å². The van der Waals surface area contributed by atoms with Crippen LogP contribution in [0.15, 0.2) is 66.2 Å². The first-order valence-corrected chi connectivity index (χ1v) is 10.0. The Labute approximate surface area is 179 Å². The van der Waals surface area contributed by atoms with Crippen LogP contribution in [0.25, 0.3) is 11.1 Å². The standard InChI is InChI=1S/C22H25F3N6/c1-2-27-21(28-12-11-22(23,24)25)29-13-19-5-3-4-6-20(19)18-9-7-17(8-10-18)14-31-16-26-15-30-31/h3-10,15-16H,2,11-14H2,1H3,(H2,27,28,29). The van der Waals surface area contributed by atoms with Gasteiger partial charge < -0.3 is 10.6 Å². The summed E-state index contributed by atoms with van der Waals surface area (Å²) < 4.78 is 39.0. The summed E-state index contributed by atoms with van der Waals surface area (Å²) in [5.41, 5.74) is 4.17. The maximum absolute atomic E-state index is 12.4. The van der Waals surface area contributed by atoms with Gasteiger partial charge in [-0.1, -0.05) is 48.5 Å².